The Morgan fingerprint density at radius 2 is 0.651 bits per heavy atom. The number of aromatic nitrogens is 1. The molecule has 0 amide bonds. The van der Waals surface area contributed by atoms with E-state index in [0.29, 0.717) is 0 Å². The lowest BCUT2D eigenvalue weighted by atomic mass is 9.97. The van der Waals surface area contributed by atoms with Crippen LogP contribution in [-0.2, 0) is 19.4 Å². The molecule has 1 aromatic rings. The number of pyridine rings is 1. The normalized spacial score (nSPS) is 11.5. The van der Waals surface area contributed by atoms with Gasteiger partial charge < -0.3 is 0 Å². The largest absolute Gasteiger partial charge is 0.205 e. The van der Waals surface area contributed by atoms with Gasteiger partial charge in [0.1, 0.15) is 6.54 Å². The minimum Gasteiger partial charge on any atom is -0.205 e. The highest BCUT2D eigenvalue weighted by Gasteiger charge is 2.10. The van der Waals surface area contributed by atoms with Crippen molar-refractivity contribution in [2.45, 2.75) is 239 Å². The van der Waals surface area contributed by atoms with Crippen molar-refractivity contribution in [2.75, 3.05) is 0 Å². The van der Waals surface area contributed by atoms with Crippen molar-refractivity contribution in [3.63, 3.8) is 0 Å². The van der Waals surface area contributed by atoms with Crippen LogP contribution >= 0.6 is 0 Å². The van der Waals surface area contributed by atoms with Gasteiger partial charge in [-0.2, -0.15) is 0 Å². The Hall–Kier alpha value is -0.850. The van der Waals surface area contributed by atoms with Crippen molar-refractivity contribution in [1.82, 2.24) is 0 Å². The summed E-state index contributed by atoms with van der Waals surface area (Å²) in [5.41, 5.74) is 3.33. The van der Waals surface area contributed by atoms with Crippen molar-refractivity contribution in [3.8, 4) is 0 Å². The molecule has 1 heterocycles. The molecule has 0 spiro atoms. The summed E-state index contributed by atoms with van der Waals surface area (Å²) in [4.78, 5) is 0. The van der Waals surface area contributed by atoms with E-state index in [1.54, 1.807) is 11.1 Å². The predicted octanol–water partition coefficient (Wildman–Crippen LogP) is 14.2. The van der Waals surface area contributed by atoms with E-state index in [0.717, 1.165) is 0 Å². The standard InChI is InChI=1S/C42H80N/c1-4-7-10-13-16-18-20-22-24-26-29-32-35-41-37-39-43(38-34-31-28-15-12-9-6-3)40-42(41)36-33-30-27-25-23-21-19-17-14-11-8-5-2/h37,39-40H,4-36,38H2,1-3H3/q+1. The number of nitrogens with zero attached hydrogens (tertiary/aromatic N) is 1. The van der Waals surface area contributed by atoms with E-state index >= 15 is 0 Å². The maximum absolute atomic E-state index is 2.55. The summed E-state index contributed by atoms with van der Waals surface area (Å²) in [6.07, 6.45) is 51.8. The quantitative estimate of drug-likeness (QED) is 0.0549. The van der Waals surface area contributed by atoms with Crippen LogP contribution in [0.25, 0.3) is 0 Å². The molecule has 0 aliphatic rings. The van der Waals surface area contributed by atoms with Gasteiger partial charge >= 0.3 is 0 Å². The third-order valence-corrected chi connectivity index (χ3v) is 9.82. The Morgan fingerprint density at radius 1 is 0.349 bits per heavy atom. The van der Waals surface area contributed by atoms with Crippen LogP contribution in [0.5, 0.6) is 0 Å². The minimum absolute atomic E-state index is 1.21. The molecule has 43 heavy (non-hydrogen) atoms. The fraction of sp³-hybridized carbons (Fsp3) is 0.881. The Balaban J connectivity index is 2.32. The zero-order chi connectivity index (χ0) is 30.9. The third-order valence-electron chi connectivity index (χ3n) is 9.82. The van der Waals surface area contributed by atoms with Crippen molar-refractivity contribution < 1.29 is 4.57 Å². The molecule has 1 heteroatoms. The van der Waals surface area contributed by atoms with Gasteiger partial charge in [0.15, 0.2) is 12.4 Å². The Kier molecular flexibility index (Phi) is 30.4. The molecule has 0 aliphatic carbocycles. The predicted molar refractivity (Wildman–Crippen MR) is 194 cm³/mol. The second-order valence-electron chi connectivity index (χ2n) is 14.1. The molecule has 0 unspecified atom stereocenters. The van der Waals surface area contributed by atoms with Gasteiger partial charge in [-0.15, -0.1) is 0 Å². The highest BCUT2D eigenvalue weighted by atomic mass is 14.9. The van der Waals surface area contributed by atoms with Crippen LogP contribution in [0.1, 0.15) is 231 Å². The summed E-state index contributed by atoms with van der Waals surface area (Å²) in [5.74, 6) is 0. The molecule has 0 bridgehead atoms. The number of aryl methyl sites for hydroxylation is 3. The number of rotatable bonds is 34. The molecule has 0 aromatic carbocycles. The van der Waals surface area contributed by atoms with Crippen molar-refractivity contribution in [2.24, 2.45) is 0 Å². The molecule has 1 nitrogen and oxygen atoms in total. The fourth-order valence-corrected chi connectivity index (χ4v) is 6.79. The lowest BCUT2D eigenvalue weighted by molar-refractivity contribution is -0.697. The minimum atomic E-state index is 1.21. The molecular weight excluding hydrogens is 518 g/mol. The first-order valence-electron chi connectivity index (χ1n) is 20.3. The topological polar surface area (TPSA) is 3.88 Å². The molecule has 0 saturated heterocycles. The lowest BCUT2D eigenvalue weighted by Crippen LogP contribution is -2.34. The number of unbranched alkanes of at least 4 members (excludes halogenated alkanes) is 28. The molecule has 1 rings (SSSR count). The van der Waals surface area contributed by atoms with E-state index in [9.17, 15) is 0 Å². The SMILES string of the molecule is CCCCCCCCCCCCCCc1cc[n+](CCCCCCCCC)cc1CCCCCCCCCCCCCC. The second kappa shape index (κ2) is 32.5. The smallest absolute Gasteiger partial charge is 0.172 e. The van der Waals surface area contributed by atoms with Crippen LogP contribution in [0.2, 0.25) is 0 Å². The van der Waals surface area contributed by atoms with Crippen LogP contribution in [-0.4, -0.2) is 0 Å². The first-order valence-corrected chi connectivity index (χ1v) is 20.3. The highest BCUT2D eigenvalue weighted by Crippen LogP contribution is 2.18. The fourth-order valence-electron chi connectivity index (χ4n) is 6.79. The Labute approximate surface area is 272 Å². The molecule has 1 aromatic heterocycles. The first kappa shape index (κ1) is 40.2. The van der Waals surface area contributed by atoms with Gasteiger partial charge in [-0.25, -0.2) is 4.57 Å². The van der Waals surface area contributed by atoms with E-state index < -0.39 is 0 Å². The van der Waals surface area contributed by atoms with E-state index in [-0.39, 0.29) is 0 Å². The summed E-state index contributed by atoms with van der Waals surface area (Å²) in [7, 11) is 0. The maximum atomic E-state index is 2.55. The Morgan fingerprint density at radius 3 is 1.02 bits per heavy atom. The molecule has 0 aliphatic heterocycles. The van der Waals surface area contributed by atoms with Gasteiger partial charge in [-0.1, -0.05) is 194 Å². The van der Waals surface area contributed by atoms with Crippen molar-refractivity contribution >= 4 is 0 Å². The summed E-state index contributed by atoms with van der Waals surface area (Å²) >= 11 is 0. The molecule has 252 valence electrons. The monoisotopic (exact) mass is 599 g/mol. The number of hydrogen-bond donors (Lipinski definition) is 0. The van der Waals surface area contributed by atoms with Crippen LogP contribution in [0, 0.1) is 0 Å². The zero-order valence-corrected chi connectivity index (χ0v) is 30.2. The zero-order valence-electron chi connectivity index (χ0n) is 30.2. The van der Waals surface area contributed by atoms with Crippen LogP contribution < -0.4 is 4.57 Å². The van der Waals surface area contributed by atoms with Crippen LogP contribution in [0.4, 0.5) is 0 Å². The molecule has 0 atom stereocenters. The summed E-state index contributed by atoms with van der Waals surface area (Å²) in [6.45, 7) is 8.14. The summed E-state index contributed by atoms with van der Waals surface area (Å²) in [5, 5.41) is 0. The molecule has 0 fully saturated rings. The van der Waals surface area contributed by atoms with Gasteiger partial charge in [0.05, 0.1) is 0 Å². The van der Waals surface area contributed by atoms with Crippen LogP contribution in [0.3, 0.4) is 0 Å². The highest BCUT2D eigenvalue weighted by molar-refractivity contribution is 5.21. The lowest BCUT2D eigenvalue weighted by Gasteiger charge is -2.10. The Bertz CT molecular complexity index is 679. The van der Waals surface area contributed by atoms with Crippen molar-refractivity contribution in [1.29, 1.82) is 0 Å². The molecule has 0 saturated carbocycles. The molecule has 0 radical (unpaired) electrons. The first-order chi connectivity index (χ1) is 21.3. The van der Waals surface area contributed by atoms with Gasteiger partial charge in [0.2, 0.25) is 0 Å². The van der Waals surface area contributed by atoms with Gasteiger partial charge in [0.25, 0.3) is 0 Å². The van der Waals surface area contributed by atoms with E-state index in [1.807, 2.05) is 0 Å². The maximum Gasteiger partial charge on any atom is 0.172 e. The van der Waals surface area contributed by atoms with Gasteiger partial charge in [0, 0.05) is 18.1 Å². The molecular formula is C42H80N+. The van der Waals surface area contributed by atoms with E-state index in [1.165, 1.54) is 218 Å². The van der Waals surface area contributed by atoms with Gasteiger partial charge in [-0.3, -0.25) is 0 Å². The van der Waals surface area contributed by atoms with Crippen LogP contribution in [0.15, 0.2) is 18.5 Å². The van der Waals surface area contributed by atoms with E-state index in [4.69, 9.17) is 0 Å². The summed E-state index contributed by atoms with van der Waals surface area (Å²) < 4.78 is 2.52. The number of hydrogen-bond acceptors (Lipinski definition) is 0. The van der Waals surface area contributed by atoms with E-state index in [2.05, 4.69) is 43.8 Å². The second-order valence-corrected chi connectivity index (χ2v) is 14.1. The van der Waals surface area contributed by atoms with Gasteiger partial charge in [-0.05, 0) is 37.7 Å². The van der Waals surface area contributed by atoms with Crippen molar-refractivity contribution in [3.05, 3.63) is 29.6 Å². The summed E-state index contributed by atoms with van der Waals surface area (Å²) in [6, 6.07) is 2.50. The average molecular weight is 599 g/mol. The molecule has 0 N–H and O–H groups in total. The third kappa shape index (κ3) is 26.1. The average Bonchev–Trinajstić information content (AvgIpc) is 3.02.